The van der Waals surface area contributed by atoms with Crippen LogP contribution in [0.3, 0.4) is 0 Å². The highest BCUT2D eigenvalue weighted by molar-refractivity contribution is 4.57. The van der Waals surface area contributed by atoms with Gasteiger partial charge in [0.1, 0.15) is 0 Å². The maximum atomic E-state index is 3.47. The first-order valence-corrected chi connectivity index (χ1v) is 4.49. The van der Waals surface area contributed by atoms with E-state index >= 15 is 0 Å². The zero-order valence-corrected chi connectivity index (χ0v) is 8.65. The molecule has 0 heterocycles. The Morgan fingerprint density at radius 1 is 1.27 bits per heavy atom. The van der Waals surface area contributed by atoms with Crippen LogP contribution in [0.5, 0.6) is 0 Å². The third kappa shape index (κ3) is 7.82. The summed E-state index contributed by atoms with van der Waals surface area (Å²) in [6.07, 6.45) is 1.22. The molecule has 0 aliphatic heterocycles. The predicted octanol–water partition coefficient (Wildman–Crippen LogP) is 1.08. The molecule has 0 bridgehead atoms. The molecule has 0 aromatic heterocycles. The molecule has 2 heteroatoms. The van der Waals surface area contributed by atoms with E-state index in [0.717, 1.165) is 11.0 Å². The third-order valence-corrected chi connectivity index (χ3v) is 1.56. The van der Waals surface area contributed by atoms with Gasteiger partial charge in [0.05, 0.1) is 33.7 Å². The van der Waals surface area contributed by atoms with E-state index in [0.29, 0.717) is 6.04 Å². The van der Waals surface area contributed by atoms with Gasteiger partial charge in [-0.15, -0.1) is 0 Å². The molecule has 68 valence electrons. The molecular weight excluding hydrogens is 136 g/mol. The molecule has 0 aliphatic rings. The first-order chi connectivity index (χ1) is 4.95. The van der Waals surface area contributed by atoms with Crippen molar-refractivity contribution >= 4 is 0 Å². The zero-order valence-electron chi connectivity index (χ0n) is 8.65. The lowest BCUT2D eigenvalue weighted by Gasteiger charge is -2.27. The summed E-state index contributed by atoms with van der Waals surface area (Å²) in [6, 6.07) is 0.634. The number of nitrogens with one attached hydrogen (secondary N) is 1. The van der Waals surface area contributed by atoms with Gasteiger partial charge in [-0.25, -0.2) is 0 Å². The molecule has 0 spiro atoms. The van der Waals surface area contributed by atoms with Crippen molar-refractivity contribution in [1.29, 1.82) is 0 Å². The molecule has 0 aromatic carbocycles. The normalized spacial score (nSPS) is 15.0. The zero-order chi connectivity index (χ0) is 8.91. The molecule has 11 heavy (non-hydrogen) atoms. The van der Waals surface area contributed by atoms with Crippen LogP contribution >= 0.6 is 0 Å². The van der Waals surface area contributed by atoms with Crippen LogP contribution in [0, 0.1) is 0 Å². The van der Waals surface area contributed by atoms with E-state index in [1.165, 1.54) is 13.0 Å². The Morgan fingerprint density at radius 3 is 2.18 bits per heavy atom. The van der Waals surface area contributed by atoms with Crippen molar-refractivity contribution in [1.82, 2.24) is 5.32 Å². The van der Waals surface area contributed by atoms with Crippen LogP contribution in [0.4, 0.5) is 0 Å². The van der Waals surface area contributed by atoms with Crippen LogP contribution < -0.4 is 5.32 Å². The van der Waals surface area contributed by atoms with Crippen LogP contribution in [-0.2, 0) is 0 Å². The number of hydrogen-bond donors (Lipinski definition) is 1. The highest BCUT2D eigenvalue weighted by Crippen LogP contribution is 1.93. The summed E-state index contributed by atoms with van der Waals surface area (Å²) in [5.41, 5.74) is 0. The van der Waals surface area contributed by atoms with Crippen LogP contribution in [0.1, 0.15) is 20.3 Å². The van der Waals surface area contributed by atoms with E-state index in [2.05, 4.69) is 40.3 Å². The van der Waals surface area contributed by atoms with Gasteiger partial charge in [0, 0.05) is 0 Å². The van der Waals surface area contributed by atoms with Gasteiger partial charge in [-0.1, -0.05) is 6.92 Å². The summed E-state index contributed by atoms with van der Waals surface area (Å²) in [5.74, 6) is 0. The van der Waals surface area contributed by atoms with Gasteiger partial charge >= 0.3 is 0 Å². The molecular formula is C9H23N2+. The summed E-state index contributed by atoms with van der Waals surface area (Å²) >= 11 is 0. The monoisotopic (exact) mass is 159 g/mol. The predicted molar refractivity (Wildman–Crippen MR) is 50.7 cm³/mol. The van der Waals surface area contributed by atoms with Crippen LogP contribution in [0.25, 0.3) is 0 Å². The topological polar surface area (TPSA) is 12.0 Å². The smallest absolute Gasteiger partial charge is 0.0933 e. The molecule has 1 unspecified atom stereocenters. The van der Waals surface area contributed by atoms with E-state index in [1.54, 1.807) is 0 Å². The molecule has 2 nitrogen and oxygen atoms in total. The van der Waals surface area contributed by atoms with Crippen molar-refractivity contribution in [2.75, 3.05) is 34.2 Å². The summed E-state index contributed by atoms with van der Waals surface area (Å²) in [7, 11) is 6.68. The lowest BCUT2D eigenvalue weighted by Crippen LogP contribution is -2.45. The number of hydrogen-bond acceptors (Lipinski definition) is 1. The molecule has 0 rings (SSSR count). The van der Waals surface area contributed by atoms with Crippen molar-refractivity contribution in [2.45, 2.75) is 26.3 Å². The van der Waals surface area contributed by atoms with E-state index in [1.807, 2.05) is 0 Å². The lowest BCUT2D eigenvalue weighted by molar-refractivity contribution is -0.871. The molecule has 0 saturated heterocycles. The number of rotatable bonds is 5. The quantitative estimate of drug-likeness (QED) is 0.592. The first-order valence-electron chi connectivity index (χ1n) is 4.49. The second kappa shape index (κ2) is 4.73. The van der Waals surface area contributed by atoms with Gasteiger partial charge < -0.3 is 9.80 Å². The Labute approximate surface area is 71.2 Å². The summed E-state index contributed by atoms with van der Waals surface area (Å²) in [6.45, 7) is 6.78. The summed E-state index contributed by atoms with van der Waals surface area (Å²) < 4.78 is 1.04. The molecule has 0 aromatic rings. The van der Waals surface area contributed by atoms with E-state index in [4.69, 9.17) is 0 Å². The van der Waals surface area contributed by atoms with Crippen LogP contribution in [-0.4, -0.2) is 44.8 Å². The average Bonchev–Trinajstić information content (AvgIpc) is 1.79. The highest BCUT2D eigenvalue weighted by atomic mass is 15.3. The Balaban J connectivity index is 3.44. The molecule has 0 amide bonds. The van der Waals surface area contributed by atoms with Crippen molar-refractivity contribution in [3.8, 4) is 0 Å². The minimum absolute atomic E-state index is 0.634. The van der Waals surface area contributed by atoms with Gasteiger partial charge in [0.25, 0.3) is 0 Å². The van der Waals surface area contributed by atoms with Crippen LogP contribution in [0.15, 0.2) is 0 Å². The standard InChI is InChI=1S/C9H23N2/c1-6-7-10-9(2)8-11(3,4)5/h9-10H,6-8H2,1-5H3/q+1. The fourth-order valence-corrected chi connectivity index (χ4v) is 1.28. The van der Waals surface area contributed by atoms with Crippen LogP contribution in [0.2, 0.25) is 0 Å². The number of nitrogens with zero attached hydrogens (tertiary/aromatic N) is 1. The molecule has 0 aliphatic carbocycles. The second-order valence-electron chi connectivity index (χ2n) is 4.33. The van der Waals surface area contributed by atoms with Crippen molar-refractivity contribution in [3.05, 3.63) is 0 Å². The molecule has 1 atom stereocenters. The van der Waals surface area contributed by atoms with E-state index < -0.39 is 0 Å². The fourth-order valence-electron chi connectivity index (χ4n) is 1.28. The SMILES string of the molecule is CCCNC(C)C[N+](C)(C)C. The van der Waals surface area contributed by atoms with Gasteiger partial charge in [-0.3, -0.25) is 0 Å². The third-order valence-electron chi connectivity index (χ3n) is 1.56. The lowest BCUT2D eigenvalue weighted by atomic mass is 10.3. The Hall–Kier alpha value is -0.0800. The maximum absolute atomic E-state index is 3.47. The van der Waals surface area contributed by atoms with Gasteiger partial charge in [-0.05, 0) is 19.9 Å². The van der Waals surface area contributed by atoms with Gasteiger partial charge in [0.15, 0.2) is 0 Å². The van der Waals surface area contributed by atoms with Crippen molar-refractivity contribution in [3.63, 3.8) is 0 Å². The summed E-state index contributed by atoms with van der Waals surface area (Å²) in [4.78, 5) is 0. The maximum Gasteiger partial charge on any atom is 0.0933 e. The minimum atomic E-state index is 0.634. The molecule has 0 radical (unpaired) electrons. The first kappa shape index (κ1) is 10.9. The van der Waals surface area contributed by atoms with Gasteiger partial charge in [-0.2, -0.15) is 0 Å². The van der Waals surface area contributed by atoms with Crippen molar-refractivity contribution < 1.29 is 4.48 Å². The number of quaternary nitrogens is 1. The molecule has 0 saturated carbocycles. The average molecular weight is 159 g/mol. The Bertz CT molecular complexity index is 94.2. The van der Waals surface area contributed by atoms with E-state index in [9.17, 15) is 0 Å². The minimum Gasteiger partial charge on any atom is -0.330 e. The molecule has 0 fully saturated rings. The summed E-state index contributed by atoms with van der Waals surface area (Å²) in [5, 5.41) is 3.47. The Morgan fingerprint density at radius 2 is 1.82 bits per heavy atom. The largest absolute Gasteiger partial charge is 0.330 e. The second-order valence-corrected chi connectivity index (χ2v) is 4.33. The van der Waals surface area contributed by atoms with Crippen molar-refractivity contribution in [2.24, 2.45) is 0 Å². The van der Waals surface area contributed by atoms with Gasteiger partial charge in [0.2, 0.25) is 0 Å². The Kier molecular flexibility index (Phi) is 4.69. The fraction of sp³-hybridized carbons (Fsp3) is 1.00. The highest BCUT2D eigenvalue weighted by Gasteiger charge is 2.11. The molecule has 1 N–H and O–H groups in total. The van der Waals surface area contributed by atoms with E-state index in [-0.39, 0.29) is 0 Å². The number of likely N-dealkylation sites (N-methyl/N-ethyl adjacent to an activating group) is 1.